The molecule has 1 fully saturated rings. The Balaban J connectivity index is 2.36. The second-order valence-corrected chi connectivity index (χ2v) is 4.54. The lowest BCUT2D eigenvalue weighted by atomic mass is 10.1. The number of nitrogens with two attached hydrogens (primary N) is 1. The minimum absolute atomic E-state index is 0.0530. The van der Waals surface area contributed by atoms with Crippen LogP contribution in [0.4, 0.5) is 11.4 Å². The van der Waals surface area contributed by atoms with E-state index in [9.17, 15) is 19.7 Å². The van der Waals surface area contributed by atoms with E-state index in [2.05, 4.69) is 0 Å². The van der Waals surface area contributed by atoms with Crippen molar-refractivity contribution in [3.63, 3.8) is 0 Å². The number of anilines is 1. The molecule has 0 bridgehead atoms. The van der Waals surface area contributed by atoms with Crippen molar-refractivity contribution in [2.24, 2.45) is 11.7 Å². The predicted molar refractivity (Wildman–Crippen MR) is 67.5 cm³/mol. The molecule has 1 heterocycles. The lowest BCUT2D eigenvalue weighted by molar-refractivity contribution is -0.384. The highest BCUT2D eigenvalue weighted by atomic mass is 16.6. The standard InChI is InChI=1S/C12H13N3O4/c1-7-2-3-9(15(18)19)5-10(7)14-6-8(12(13)17)4-11(14)16/h2-3,5,8H,4,6H2,1H3,(H2,13,17). The van der Waals surface area contributed by atoms with Crippen LogP contribution in [0, 0.1) is 23.0 Å². The second-order valence-electron chi connectivity index (χ2n) is 4.54. The number of amides is 2. The zero-order valence-electron chi connectivity index (χ0n) is 10.3. The second kappa shape index (κ2) is 4.68. The first-order chi connectivity index (χ1) is 8.90. The molecule has 1 atom stereocenters. The third-order valence-electron chi connectivity index (χ3n) is 3.22. The Morgan fingerprint density at radius 3 is 2.74 bits per heavy atom. The molecular weight excluding hydrogens is 250 g/mol. The lowest BCUT2D eigenvalue weighted by Crippen LogP contribution is -2.28. The van der Waals surface area contributed by atoms with Crippen molar-refractivity contribution in [2.75, 3.05) is 11.4 Å². The molecule has 19 heavy (non-hydrogen) atoms. The Hall–Kier alpha value is -2.44. The number of aryl methyl sites for hydroxylation is 1. The molecule has 2 N–H and O–H groups in total. The van der Waals surface area contributed by atoms with Gasteiger partial charge >= 0.3 is 0 Å². The molecule has 1 aromatic carbocycles. The van der Waals surface area contributed by atoms with E-state index < -0.39 is 16.7 Å². The lowest BCUT2D eigenvalue weighted by Gasteiger charge is -2.18. The Morgan fingerprint density at radius 1 is 1.53 bits per heavy atom. The molecule has 7 heteroatoms. The first-order valence-electron chi connectivity index (χ1n) is 5.75. The van der Waals surface area contributed by atoms with Crippen molar-refractivity contribution in [1.82, 2.24) is 0 Å². The minimum atomic E-state index is -0.536. The van der Waals surface area contributed by atoms with Crippen LogP contribution in [0.5, 0.6) is 0 Å². The summed E-state index contributed by atoms with van der Waals surface area (Å²) in [6.07, 6.45) is 0.0530. The zero-order valence-corrected chi connectivity index (χ0v) is 10.3. The smallest absolute Gasteiger partial charge is 0.271 e. The first kappa shape index (κ1) is 13.0. The summed E-state index contributed by atoms with van der Waals surface area (Å²) in [5.74, 6) is -1.31. The van der Waals surface area contributed by atoms with Gasteiger partial charge in [-0.3, -0.25) is 19.7 Å². The molecule has 1 unspecified atom stereocenters. The molecule has 0 saturated carbocycles. The van der Waals surface area contributed by atoms with Gasteiger partial charge in [0.05, 0.1) is 16.5 Å². The summed E-state index contributed by atoms with van der Waals surface area (Å²) in [6.45, 7) is 1.93. The molecule has 2 rings (SSSR count). The normalized spacial score (nSPS) is 18.7. The molecular formula is C12H13N3O4. The Morgan fingerprint density at radius 2 is 2.21 bits per heavy atom. The Kier molecular flexibility index (Phi) is 3.20. The minimum Gasteiger partial charge on any atom is -0.369 e. The van der Waals surface area contributed by atoms with Gasteiger partial charge in [0.25, 0.3) is 5.69 Å². The van der Waals surface area contributed by atoms with Crippen molar-refractivity contribution >= 4 is 23.2 Å². The molecule has 1 aliphatic heterocycles. The maximum absolute atomic E-state index is 11.9. The third-order valence-corrected chi connectivity index (χ3v) is 3.22. The van der Waals surface area contributed by atoms with E-state index in [1.165, 1.54) is 17.0 Å². The van der Waals surface area contributed by atoms with Crippen molar-refractivity contribution in [3.8, 4) is 0 Å². The van der Waals surface area contributed by atoms with Crippen LogP contribution in [-0.2, 0) is 9.59 Å². The summed E-state index contributed by atoms with van der Waals surface area (Å²) in [5, 5.41) is 10.8. The number of primary amides is 1. The highest BCUT2D eigenvalue weighted by Gasteiger charge is 2.35. The van der Waals surface area contributed by atoms with E-state index in [4.69, 9.17) is 5.73 Å². The number of rotatable bonds is 3. The van der Waals surface area contributed by atoms with Gasteiger partial charge in [0.1, 0.15) is 0 Å². The van der Waals surface area contributed by atoms with E-state index in [1.807, 2.05) is 0 Å². The first-order valence-corrected chi connectivity index (χ1v) is 5.75. The summed E-state index contributed by atoms with van der Waals surface area (Å²) in [6, 6.07) is 4.31. The van der Waals surface area contributed by atoms with Gasteiger partial charge in [-0.2, -0.15) is 0 Å². The maximum Gasteiger partial charge on any atom is 0.271 e. The third kappa shape index (κ3) is 2.40. The number of hydrogen-bond donors (Lipinski definition) is 1. The molecule has 0 aliphatic carbocycles. The number of carbonyl (C=O) groups is 2. The number of nitro benzene ring substituents is 1. The molecule has 7 nitrogen and oxygen atoms in total. The van der Waals surface area contributed by atoms with Gasteiger partial charge in [-0.15, -0.1) is 0 Å². The van der Waals surface area contributed by atoms with Gasteiger partial charge in [-0.25, -0.2) is 0 Å². The molecule has 1 aromatic rings. The molecule has 100 valence electrons. The van der Waals surface area contributed by atoms with E-state index in [0.29, 0.717) is 5.69 Å². The number of carbonyl (C=O) groups excluding carboxylic acids is 2. The summed E-state index contributed by atoms with van der Waals surface area (Å²) in [4.78, 5) is 34.6. The summed E-state index contributed by atoms with van der Waals surface area (Å²) >= 11 is 0. The van der Waals surface area contributed by atoms with Crippen LogP contribution in [0.3, 0.4) is 0 Å². The van der Waals surface area contributed by atoms with Gasteiger partial charge in [0, 0.05) is 25.1 Å². The van der Waals surface area contributed by atoms with Crippen molar-refractivity contribution in [1.29, 1.82) is 0 Å². The molecule has 0 radical (unpaired) electrons. The van der Waals surface area contributed by atoms with Gasteiger partial charge in [0.2, 0.25) is 11.8 Å². The molecule has 0 spiro atoms. The average Bonchev–Trinajstić information content (AvgIpc) is 2.72. The number of nitro groups is 1. The molecule has 0 aromatic heterocycles. The van der Waals surface area contributed by atoms with Crippen molar-refractivity contribution in [3.05, 3.63) is 33.9 Å². The average molecular weight is 263 g/mol. The van der Waals surface area contributed by atoms with Gasteiger partial charge in [-0.05, 0) is 12.5 Å². The largest absolute Gasteiger partial charge is 0.369 e. The SMILES string of the molecule is Cc1ccc([N+](=O)[O-])cc1N1CC(C(N)=O)CC1=O. The van der Waals surface area contributed by atoms with Gasteiger partial charge in [0.15, 0.2) is 0 Å². The van der Waals surface area contributed by atoms with Crippen LogP contribution in [0.15, 0.2) is 18.2 Å². The van der Waals surface area contributed by atoms with Crippen molar-refractivity contribution < 1.29 is 14.5 Å². The van der Waals surface area contributed by atoms with Crippen LogP contribution in [0.1, 0.15) is 12.0 Å². The van der Waals surface area contributed by atoms with Gasteiger partial charge in [-0.1, -0.05) is 6.07 Å². The maximum atomic E-state index is 11.9. The highest BCUT2D eigenvalue weighted by molar-refractivity contribution is 6.00. The summed E-state index contributed by atoms with van der Waals surface area (Å²) < 4.78 is 0. The fourth-order valence-electron chi connectivity index (χ4n) is 2.13. The Bertz CT molecular complexity index is 570. The summed E-state index contributed by atoms with van der Waals surface area (Å²) in [7, 11) is 0. The van der Waals surface area contributed by atoms with E-state index in [1.54, 1.807) is 13.0 Å². The monoisotopic (exact) mass is 263 g/mol. The fourth-order valence-corrected chi connectivity index (χ4v) is 2.13. The zero-order chi connectivity index (χ0) is 14.2. The molecule has 1 aliphatic rings. The van der Waals surface area contributed by atoms with Gasteiger partial charge < -0.3 is 10.6 Å². The topological polar surface area (TPSA) is 107 Å². The van der Waals surface area contributed by atoms with Crippen LogP contribution >= 0.6 is 0 Å². The number of hydrogen-bond acceptors (Lipinski definition) is 4. The van der Waals surface area contributed by atoms with Crippen molar-refractivity contribution in [2.45, 2.75) is 13.3 Å². The highest BCUT2D eigenvalue weighted by Crippen LogP contribution is 2.30. The van der Waals surface area contributed by atoms with Crippen LogP contribution in [0.25, 0.3) is 0 Å². The number of non-ortho nitro benzene ring substituents is 1. The van der Waals surface area contributed by atoms with Crippen LogP contribution in [-0.4, -0.2) is 23.3 Å². The summed E-state index contributed by atoms with van der Waals surface area (Å²) in [5.41, 5.74) is 6.30. The molecule has 1 saturated heterocycles. The predicted octanol–water partition coefficient (Wildman–Crippen LogP) is 0.741. The quantitative estimate of drug-likeness (QED) is 0.641. The van der Waals surface area contributed by atoms with Crippen LogP contribution < -0.4 is 10.6 Å². The number of nitrogens with zero attached hydrogens (tertiary/aromatic N) is 2. The van der Waals surface area contributed by atoms with E-state index in [-0.39, 0.29) is 24.6 Å². The van der Waals surface area contributed by atoms with E-state index in [0.717, 1.165) is 5.56 Å². The molecule has 2 amide bonds. The van der Waals surface area contributed by atoms with E-state index >= 15 is 0 Å². The fraction of sp³-hybridized carbons (Fsp3) is 0.333. The Labute approximate surface area is 109 Å². The number of benzene rings is 1. The van der Waals surface area contributed by atoms with Crippen LogP contribution in [0.2, 0.25) is 0 Å².